The van der Waals surface area contributed by atoms with Gasteiger partial charge in [0.1, 0.15) is 6.54 Å². The van der Waals surface area contributed by atoms with Gasteiger partial charge in [0, 0.05) is 0 Å². The second kappa shape index (κ2) is 7.05. The lowest BCUT2D eigenvalue weighted by Gasteiger charge is -2.28. The molecular weight excluding hydrogens is 336 g/mol. The molecule has 0 spiro atoms. The smallest absolute Gasteiger partial charge is 0.277 e. The van der Waals surface area contributed by atoms with Crippen LogP contribution in [0.3, 0.4) is 0 Å². The van der Waals surface area contributed by atoms with E-state index in [0.29, 0.717) is 28.2 Å². The number of para-hydroxylation sites is 2. The first-order chi connectivity index (χ1) is 11.2. The molecule has 7 nitrogen and oxygen atoms in total. The summed E-state index contributed by atoms with van der Waals surface area (Å²) in [4.78, 5) is 25.7. The van der Waals surface area contributed by atoms with Crippen molar-refractivity contribution < 1.29 is 14.0 Å². The van der Waals surface area contributed by atoms with Gasteiger partial charge in [-0.1, -0.05) is 23.9 Å². The number of nitrogens with one attached hydrogen (secondary N) is 1. The predicted molar refractivity (Wildman–Crippen MR) is 89.7 cm³/mol. The van der Waals surface area contributed by atoms with E-state index in [1.807, 2.05) is 18.4 Å². The highest BCUT2D eigenvalue weighted by molar-refractivity contribution is 7.99. The number of hydrogen-bond donors (Lipinski definition) is 1. The number of amides is 2. The molecule has 1 N–H and O–H groups in total. The molecule has 0 aliphatic carbocycles. The number of fused-ring (bicyclic) bond motifs is 1. The molecule has 0 fully saturated rings. The van der Waals surface area contributed by atoms with E-state index in [0.717, 1.165) is 0 Å². The molecule has 0 saturated heterocycles. The molecule has 2 amide bonds. The van der Waals surface area contributed by atoms with E-state index in [4.69, 9.17) is 4.42 Å². The van der Waals surface area contributed by atoms with Gasteiger partial charge in [-0.25, -0.2) is 0 Å². The van der Waals surface area contributed by atoms with Gasteiger partial charge in [-0.15, -0.1) is 10.2 Å². The van der Waals surface area contributed by atoms with Crippen LogP contribution in [0.15, 0.2) is 33.9 Å². The number of rotatable bonds is 5. The van der Waals surface area contributed by atoms with Crippen LogP contribution in [0.1, 0.15) is 5.89 Å². The molecule has 1 aromatic carbocycles. The van der Waals surface area contributed by atoms with Gasteiger partial charge >= 0.3 is 0 Å². The van der Waals surface area contributed by atoms with Gasteiger partial charge in [-0.3, -0.25) is 9.59 Å². The minimum Gasteiger partial charge on any atom is -0.415 e. The lowest BCUT2D eigenvalue weighted by Crippen LogP contribution is -2.43. The summed E-state index contributed by atoms with van der Waals surface area (Å²) in [5.74, 6) is 0.920. The fourth-order valence-corrected chi connectivity index (χ4v) is 3.16. The predicted octanol–water partition coefficient (Wildman–Crippen LogP) is 2.01. The standard InChI is InChI=1S/C14H14N4O3S2/c1-22-7-12-16-17-14(21-12)23-8-13(20)18-6-11(19)15-9-4-2-3-5-10(9)18/h2-5H,6-8H2,1H3,(H,15,19). The molecule has 2 heterocycles. The Morgan fingerprint density at radius 2 is 2.22 bits per heavy atom. The molecule has 9 heteroatoms. The minimum absolute atomic E-state index is 0.0119. The Balaban J connectivity index is 1.67. The summed E-state index contributed by atoms with van der Waals surface area (Å²) >= 11 is 2.75. The summed E-state index contributed by atoms with van der Waals surface area (Å²) in [6, 6.07) is 7.22. The fourth-order valence-electron chi connectivity index (χ4n) is 2.14. The number of carbonyl (C=O) groups excluding carboxylic acids is 2. The van der Waals surface area contributed by atoms with Crippen LogP contribution in [-0.4, -0.2) is 40.6 Å². The van der Waals surface area contributed by atoms with Gasteiger partial charge in [-0.05, 0) is 18.4 Å². The first-order valence-electron chi connectivity index (χ1n) is 6.80. The number of nitrogens with zero attached hydrogens (tertiary/aromatic N) is 3. The van der Waals surface area contributed by atoms with E-state index in [2.05, 4.69) is 15.5 Å². The van der Waals surface area contributed by atoms with Crippen LogP contribution in [0, 0.1) is 0 Å². The van der Waals surface area contributed by atoms with Crippen LogP contribution in [0.5, 0.6) is 0 Å². The van der Waals surface area contributed by atoms with Gasteiger partial charge in [-0.2, -0.15) is 11.8 Å². The first kappa shape index (κ1) is 15.9. The Kier molecular flexibility index (Phi) is 4.87. The molecule has 0 bridgehead atoms. The van der Waals surface area contributed by atoms with E-state index in [-0.39, 0.29) is 24.1 Å². The Labute approximate surface area is 141 Å². The molecule has 1 aromatic heterocycles. The maximum absolute atomic E-state index is 12.4. The minimum atomic E-state index is -0.206. The highest BCUT2D eigenvalue weighted by atomic mass is 32.2. The number of aromatic nitrogens is 2. The lowest BCUT2D eigenvalue weighted by atomic mass is 10.2. The topological polar surface area (TPSA) is 88.3 Å². The van der Waals surface area contributed by atoms with Crippen LogP contribution in [0.25, 0.3) is 0 Å². The fraction of sp³-hybridized carbons (Fsp3) is 0.286. The quantitative estimate of drug-likeness (QED) is 0.825. The third-order valence-electron chi connectivity index (χ3n) is 3.11. The maximum atomic E-state index is 12.4. The Hall–Kier alpha value is -2.00. The van der Waals surface area contributed by atoms with Crippen LogP contribution >= 0.6 is 23.5 Å². The third kappa shape index (κ3) is 3.67. The second-order valence-corrected chi connectivity index (χ2v) is 6.52. The molecule has 23 heavy (non-hydrogen) atoms. The zero-order valence-electron chi connectivity index (χ0n) is 12.3. The number of benzene rings is 1. The van der Waals surface area contributed by atoms with E-state index >= 15 is 0 Å². The molecule has 2 aromatic rings. The molecule has 0 saturated carbocycles. The zero-order chi connectivity index (χ0) is 16.2. The summed E-state index contributed by atoms with van der Waals surface area (Å²) in [6.45, 7) is 0.0119. The van der Waals surface area contributed by atoms with Crippen molar-refractivity contribution in [2.45, 2.75) is 11.0 Å². The molecule has 1 aliphatic heterocycles. The molecule has 0 atom stereocenters. The van der Waals surface area contributed by atoms with E-state index in [9.17, 15) is 9.59 Å². The molecule has 1 aliphatic rings. The highest BCUT2D eigenvalue weighted by Gasteiger charge is 2.26. The van der Waals surface area contributed by atoms with E-state index in [1.165, 1.54) is 16.7 Å². The average molecular weight is 350 g/mol. The van der Waals surface area contributed by atoms with E-state index in [1.54, 1.807) is 23.9 Å². The van der Waals surface area contributed by atoms with Crippen LogP contribution < -0.4 is 10.2 Å². The van der Waals surface area contributed by atoms with Gasteiger partial charge in [0.05, 0.1) is 22.9 Å². The van der Waals surface area contributed by atoms with Crippen molar-refractivity contribution in [3.8, 4) is 0 Å². The number of anilines is 2. The van der Waals surface area contributed by atoms with Gasteiger partial charge in [0.2, 0.25) is 17.7 Å². The SMILES string of the molecule is CSCc1nnc(SCC(=O)N2CC(=O)Nc3ccccc32)o1. The number of carbonyl (C=O) groups is 2. The van der Waals surface area contributed by atoms with Crippen molar-refractivity contribution >= 4 is 46.7 Å². The van der Waals surface area contributed by atoms with Crippen molar-refractivity contribution in [2.24, 2.45) is 0 Å². The van der Waals surface area contributed by atoms with Crippen LogP contribution in [0.2, 0.25) is 0 Å². The monoisotopic (exact) mass is 350 g/mol. The van der Waals surface area contributed by atoms with Gasteiger partial charge in [0.25, 0.3) is 5.22 Å². The normalized spacial score (nSPS) is 13.6. The van der Waals surface area contributed by atoms with Crippen LogP contribution in [-0.2, 0) is 15.3 Å². The van der Waals surface area contributed by atoms with E-state index < -0.39 is 0 Å². The zero-order valence-corrected chi connectivity index (χ0v) is 13.9. The molecule has 0 radical (unpaired) electrons. The van der Waals surface area contributed by atoms with Gasteiger partial charge < -0.3 is 14.6 Å². The summed E-state index contributed by atoms with van der Waals surface area (Å²) in [6.07, 6.45) is 1.94. The molecular formula is C14H14N4O3S2. The Morgan fingerprint density at radius 3 is 3.04 bits per heavy atom. The van der Waals surface area contributed by atoms with Crippen molar-refractivity contribution in [1.29, 1.82) is 0 Å². The highest BCUT2D eigenvalue weighted by Crippen LogP contribution is 2.29. The van der Waals surface area contributed by atoms with Crippen molar-refractivity contribution in [3.05, 3.63) is 30.2 Å². The first-order valence-corrected chi connectivity index (χ1v) is 9.18. The molecule has 3 rings (SSSR count). The summed E-state index contributed by atoms with van der Waals surface area (Å²) in [5, 5.41) is 10.9. The van der Waals surface area contributed by atoms with Gasteiger partial charge in [0.15, 0.2) is 0 Å². The lowest BCUT2D eigenvalue weighted by molar-refractivity contribution is -0.120. The largest absolute Gasteiger partial charge is 0.415 e. The third-order valence-corrected chi connectivity index (χ3v) is 4.45. The number of hydrogen-bond acceptors (Lipinski definition) is 7. The maximum Gasteiger partial charge on any atom is 0.277 e. The van der Waals surface area contributed by atoms with Crippen molar-refractivity contribution in [1.82, 2.24) is 10.2 Å². The summed E-state index contributed by atoms with van der Waals surface area (Å²) < 4.78 is 5.42. The molecule has 120 valence electrons. The van der Waals surface area contributed by atoms with Crippen LogP contribution in [0.4, 0.5) is 11.4 Å². The summed E-state index contributed by atoms with van der Waals surface area (Å²) in [7, 11) is 0. The Morgan fingerprint density at radius 1 is 1.39 bits per heavy atom. The average Bonchev–Trinajstić information content (AvgIpc) is 3.00. The van der Waals surface area contributed by atoms with Crippen molar-refractivity contribution in [3.63, 3.8) is 0 Å². The Bertz CT molecular complexity index is 734. The number of thioether (sulfide) groups is 2. The summed E-state index contributed by atoms with van der Waals surface area (Å²) in [5.41, 5.74) is 1.34. The van der Waals surface area contributed by atoms with Crippen molar-refractivity contribution in [2.75, 3.05) is 28.8 Å². The molecule has 0 unspecified atom stereocenters. The second-order valence-electron chi connectivity index (χ2n) is 4.73.